The first kappa shape index (κ1) is 13.9. The van der Waals surface area contributed by atoms with E-state index in [0.717, 1.165) is 25.7 Å². The molecule has 0 aliphatic heterocycles. The van der Waals surface area contributed by atoms with Crippen molar-refractivity contribution in [2.45, 2.75) is 76.7 Å². The second-order valence-corrected chi connectivity index (χ2v) is 6.76. The monoisotopic (exact) mass is 252 g/mol. The van der Waals surface area contributed by atoms with Gasteiger partial charge in [0.2, 0.25) is 5.91 Å². The highest BCUT2D eigenvalue weighted by molar-refractivity contribution is 5.77. The van der Waals surface area contributed by atoms with Crippen LogP contribution in [0.15, 0.2) is 0 Å². The van der Waals surface area contributed by atoms with Crippen LogP contribution in [0.2, 0.25) is 0 Å². The molecule has 18 heavy (non-hydrogen) atoms. The molecule has 0 bridgehead atoms. The summed E-state index contributed by atoms with van der Waals surface area (Å²) < 4.78 is 0. The molecule has 0 atom stereocenters. The zero-order valence-corrected chi connectivity index (χ0v) is 11.8. The Hall–Kier alpha value is -0.570. The number of nitrogens with two attached hydrogens (primary N) is 1. The van der Waals surface area contributed by atoms with Gasteiger partial charge >= 0.3 is 0 Å². The zero-order chi connectivity index (χ0) is 13.1. The fraction of sp³-hybridized carbons (Fsp3) is 0.933. The number of nitrogens with one attached hydrogen (secondary N) is 1. The first-order chi connectivity index (χ1) is 8.58. The number of hydrogen-bond donors (Lipinski definition) is 2. The summed E-state index contributed by atoms with van der Waals surface area (Å²) in [7, 11) is 0. The molecule has 2 aliphatic carbocycles. The summed E-state index contributed by atoms with van der Waals surface area (Å²) >= 11 is 0. The molecular formula is C15H28N2O. The lowest BCUT2D eigenvalue weighted by Gasteiger charge is -2.37. The van der Waals surface area contributed by atoms with Crippen molar-refractivity contribution in [1.29, 1.82) is 0 Å². The van der Waals surface area contributed by atoms with Crippen LogP contribution in [0, 0.1) is 5.41 Å². The van der Waals surface area contributed by atoms with Gasteiger partial charge in [0, 0.05) is 12.0 Å². The predicted octanol–water partition coefficient (Wildman–Crippen LogP) is 2.73. The van der Waals surface area contributed by atoms with Gasteiger partial charge in [-0.1, -0.05) is 32.1 Å². The van der Waals surface area contributed by atoms with E-state index in [9.17, 15) is 4.79 Å². The van der Waals surface area contributed by atoms with E-state index >= 15 is 0 Å². The molecule has 2 saturated carbocycles. The average molecular weight is 252 g/mol. The van der Waals surface area contributed by atoms with E-state index in [-0.39, 0.29) is 16.9 Å². The van der Waals surface area contributed by atoms with E-state index in [1.165, 1.54) is 32.1 Å². The standard InChI is InChI=1S/C15H28N2O/c1-14(7-5-6-8-14)17-13(18)11-15(12-16)9-3-2-4-10-15/h2-12,16H2,1H3,(H,17,18). The van der Waals surface area contributed by atoms with Gasteiger partial charge in [0.25, 0.3) is 0 Å². The molecule has 0 saturated heterocycles. The Morgan fingerprint density at radius 3 is 2.17 bits per heavy atom. The average Bonchev–Trinajstić information content (AvgIpc) is 2.76. The van der Waals surface area contributed by atoms with Gasteiger partial charge in [0.1, 0.15) is 0 Å². The Morgan fingerprint density at radius 1 is 1.06 bits per heavy atom. The Kier molecular flexibility index (Phi) is 4.31. The number of carbonyl (C=O) groups excluding carboxylic acids is 1. The third-order valence-electron chi connectivity index (χ3n) is 5.03. The van der Waals surface area contributed by atoms with Crippen LogP contribution >= 0.6 is 0 Å². The summed E-state index contributed by atoms with van der Waals surface area (Å²) in [5.41, 5.74) is 6.10. The van der Waals surface area contributed by atoms with Crippen molar-refractivity contribution in [2.24, 2.45) is 11.1 Å². The lowest BCUT2D eigenvalue weighted by atomic mass is 9.71. The van der Waals surface area contributed by atoms with Crippen molar-refractivity contribution in [3.63, 3.8) is 0 Å². The van der Waals surface area contributed by atoms with E-state index in [0.29, 0.717) is 13.0 Å². The van der Waals surface area contributed by atoms with Gasteiger partial charge in [-0.3, -0.25) is 4.79 Å². The molecule has 104 valence electrons. The molecule has 2 fully saturated rings. The molecule has 0 aromatic rings. The van der Waals surface area contributed by atoms with Crippen LogP contribution in [0.1, 0.15) is 71.1 Å². The SMILES string of the molecule is CC1(NC(=O)CC2(CN)CCCCC2)CCCC1. The highest BCUT2D eigenvalue weighted by Crippen LogP contribution is 2.39. The Balaban J connectivity index is 1.89. The van der Waals surface area contributed by atoms with Crippen molar-refractivity contribution in [3.8, 4) is 0 Å². The van der Waals surface area contributed by atoms with Crippen molar-refractivity contribution in [1.82, 2.24) is 5.32 Å². The maximum absolute atomic E-state index is 12.3. The van der Waals surface area contributed by atoms with Crippen molar-refractivity contribution in [3.05, 3.63) is 0 Å². The second kappa shape index (κ2) is 5.60. The summed E-state index contributed by atoms with van der Waals surface area (Å²) in [5.74, 6) is 0.228. The van der Waals surface area contributed by atoms with E-state index in [2.05, 4.69) is 12.2 Å². The molecule has 2 aliphatic rings. The van der Waals surface area contributed by atoms with E-state index < -0.39 is 0 Å². The van der Waals surface area contributed by atoms with Crippen LogP contribution < -0.4 is 11.1 Å². The molecule has 2 rings (SSSR count). The number of rotatable bonds is 4. The zero-order valence-electron chi connectivity index (χ0n) is 11.8. The van der Waals surface area contributed by atoms with Crippen LogP contribution in [0.4, 0.5) is 0 Å². The summed E-state index contributed by atoms with van der Waals surface area (Å²) in [4.78, 5) is 12.3. The lowest BCUT2D eigenvalue weighted by Crippen LogP contribution is -2.47. The Morgan fingerprint density at radius 2 is 1.61 bits per heavy atom. The molecule has 0 aromatic carbocycles. The second-order valence-electron chi connectivity index (χ2n) is 6.76. The first-order valence-electron chi connectivity index (χ1n) is 7.59. The summed E-state index contributed by atoms with van der Waals surface area (Å²) in [6, 6.07) is 0. The molecule has 3 nitrogen and oxygen atoms in total. The molecular weight excluding hydrogens is 224 g/mol. The van der Waals surface area contributed by atoms with Crippen LogP contribution in [0.25, 0.3) is 0 Å². The maximum atomic E-state index is 12.3. The van der Waals surface area contributed by atoms with E-state index in [1.54, 1.807) is 0 Å². The number of hydrogen-bond acceptors (Lipinski definition) is 2. The highest BCUT2D eigenvalue weighted by atomic mass is 16.1. The van der Waals surface area contributed by atoms with Gasteiger partial charge < -0.3 is 11.1 Å². The van der Waals surface area contributed by atoms with Crippen molar-refractivity contribution < 1.29 is 4.79 Å². The smallest absolute Gasteiger partial charge is 0.221 e. The first-order valence-corrected chi connectivity index (χ1v) is 7.59. The van der Waals surface area contributed by atoms with Gasteiger partial charge in [0.05, 0.1) is 0 Å². The van der Waals surface area contributed by atoms with Crippen LogP contribution in [0.5, 0.6) is 0 Å². The van der Waals surface area contributed by atoms with E-state index in [1.807, 2.05) is 0 Å². The Labute approximate surface area is 111 Å². The van der Waals surface area contributed by atoms with Crippen LogP contribution in [-0.2, 0) is 4.79 Å². The largest absolute Gasteiger partial charge is 0.351 e. The highest BCUT2D eigenvalue weighted by Gasteiger charge is 2.36. The van der Waals surface area contributed by atoms with Gasteiger partial charge in [-0.25, -0.2) is 0 Å². The quantitative estimate of drug-likeness (QED) is 0.808. The minimum atomic E-state index is 0.0571. The third-order valence-corrected chi connectivity index (χ3v) is 5.03. The third kappa shape index (κ3) is 3.25. The van der Waals surface area contributed by atoms with Gasteiger partial charge in [-0.05, 0) is 44.6 Å². The molecule has 0 radical (unpaired) electrons. The number of amides is 1. The topological polar surface area (TPSA) is 55.1 Å². The minimum Gasteiger partial charge on any atom is -0.351 e. The molecule has 0 aromatic heterocycles. The van der Waals surface area contributed by atoms with Gasteiger partial charge in [0.15, 0.2) is 0 Å². The fourth-order valence-electron chi connectivity index (χ4n) is 3.76. The minimum absolute atomic E-state index is 0.0571. The van der Waals surface area contributed by atoms with Crippen LogP contribution in [-0.4, -0.2) is 18.0 Å². The van der Waals surface area contributed by atoms with Crippen LogP contribution in [0.3, 0.4) is 0 Å². The number of carbonyl (C=O) groups is 1. The summed E-state index contributed by atoms with van der Waals surface area (Å²) in [6.07, 6.45) is 11.4. The fourth-order valence-corrected chi connectivity index (χ4v) is 3.76. The summed E-state index contributed by atoms with van der Waals surface area (Å²) in [5, 5.41) is 3.27. The lowest BCUT2D eigenvalue weighted by molar-refractivity contribution is -0.125. The summed E-state index contributed by atoms with van der Waals surface area (Å²) in [6.45, 7) is 2.85. The molecule has 0 heterocycles. The molecule has 3 N–H and O–H groups in total. The predicted molar refractivity (Wildman–Crippen MR) is 74.2 cm³/mol. The normalized spacial score (nSPS) is 25.9. The van der Waals surface area contributed by atoms with Crippen molar-refractivity contribution in [2.75, 3.05) is 6.54 Å². The molecule has 0 unspecified atom stereocenters. The van der Waals surface area contributed by atoms with E-state index in [4.69, 9.17) is 5.73 Å². The maximum Gasteiger partial charge on any atom is 0.221 e. The van der Waals surface area contributed by atoms with Gasteiger partial charge in [-0.15, -0.1) is 0 Å². The molecule has 0 spiro atoms. The van der Waals surface area contributed by atoms with Gasteiger partial charge in [-0.2, -0.15) is 0 Å². The molecule has 3 heteroatoms. The van der Waals surface area contributed by atoms with Crippen molar-refractivity contribution >= 4 is 5.91 Å². The molecule has 1 amide bonds. The Bertz CT molecular complexity index is 289.